The first kappa shape index (κ1) is 21.7. The summed E-state index contributed by atoms with van der Waals surface area (Å²) in [5, 5.41) is 13.7. The van der Waals surface area contributed by atoms with Gasteiger partial charge in [-0.2, -0.15) is 0 Å². The van der Waals surface area contributed by atoms with E-state index in [2.05, 4.69) is 10.3 Å². The Morgan fingerprint density at radius 3 is 2.55 bits per heavy atom. The third kappa shape index (κ3) is 5.33. The maximum atomic E-state index is 13.9. The van der Waals surface area contributed by atoms with Crippen molar-refractivity contribution in [3.8, 4) is 11.5 Å². The molecular weight excluding hydrogens is 405 g/mol. The summed E-state index contributed by atoms with van der Waals surface area (Å²) in [5.41, 5.74) is 0.978. The Hall–Kier alpha value is -4.01. The summed E-state index contributed by atoms with van der Waals surface area (Å²) in [4.78, 5) is 26.7. The number of methoxy groups -OCH3 is 1. The van der Waals surface area contributed by atoms with Gasteiger partial charge in [0.25, 0.3) is 11.6 Å². The van der Waals surface area contributed by atoms with Gasteiger partial charge in [-0.15, -0.1) is 0 Å². The zero-order valence-corrected chi connectivity index (χ0v) is 16.9. The molecule has 0 fully saturated rings. The molecule has 9 heteroatoms. The smallest absolute Gasteiger partial charge is 0.276 e. The molecule has 31 heavy (non-hydrogen) atoms. The highest BCUT2D eigenvalue weighted by Crippen LogP contribution is 2.29. The highest BCUT2D eigenvalue weighted by Gasteiger charge is 2.19. The number of halogens is 1. The molecule has 0 saturated carbocycles. The summed E-state index contributed by atoms with van der Waals surface area (Å²) in [6, 6.07) is 10.9. The van der Waals surface area contributed by atoms with Crippen LogP contribution >= 0.6 is 0 Å². The quantitative estimate of drug-likeness (QED) is 0.433. The first-order valence-electron chi connectivity index (χ1n) is 9.30. The minimum atomic E-state index is -0.809. The van der Waals surface area contributed by atoms with Crippen LogP contribution < -0.4 is 14.8 Å². The summed E-state index contributed by atoms with van der Waals surface area (Å²) < 4.78 is 25.1. The van der Waals surface area contributed by atoms with E-state index in [9.17, 15) is 19.3 Å². The lowest BCUT2D eigenvalue weighted by Gasteiger charge is -2.13. The van der Waals surface area contributed by atoms with Crippen LogP contribution in [0.1, 0.15) is 27.0 Å². The van der Waals surface area contributed by atoms with Gasteiger partial charge >= 0.3 is 0 Å². The lowest BCUT2D eigenvalue weighted by atomic mass is 10.1. The molecule has 0 saturated heterocycles. The molecule has 1 heterocycles. The van der Waals surface area contributed by atoms with Gasteiger partial charge in [-0.05, 0) is 48.4 Å². The van der Waals surface area contributed by atoms with Crippen LogP contribution in [0, 0.1) is 22.9 Å². The Bertz CT molecular complexity index is 1110. The molecule has 1 N–H and O–H groups in total. The molecule has 3 aromatic rings. The Kier molecular flexibility index (Phi) is 6.76. The van der Waals surface area contributed by atoms with Crippen molar-refractivity contribution in [3.63, 3.8) is 0 Å². The van der Waals surface area contributed by atoms with E-state index in [1.54, 1.807) is 30.6 Å². The van der Waals surface area contributed by atoms with E-state index >= 15 is 0 Å². The Morgan fingerprint density at radius 1 is 1.13 bits per heavy atom. The predicted molar refractivity (Wildman–Crippen MR) is 111 cm³/mol. The zero-order valence-electron chi connectivity index (χ0n) is 16.9. The molecule has 1 amide bonds. The summed E-state index contributed by atoms with van der Waals surface area (Å²) >= 11 is 0. The van der Waals surface area contributed by atoms with Crippen molar-refractivity contribution in [2.24, 2.45) is 0 Å². The maximum Gasteiger partial charge on any atom is 0.276 e. The summed E-state index contributed by atoms with van der Waals surface area (Å²) in [5.74, 6) is -0.417. The Balaban J connectivity index is 1.68. The lowest BCUT2D eigenvalue weighted by molar-refractivity contribution is -0.385. The molecule has 0 unspecified atom stereocenters. The number of carbonyl (C=O) groups is 1. The molecule has 0 spiro atoms. The van der Waals surface area contributed by atoms with Crippen LogP contribution in [0.25, 0.3) is 0 Å². The van der Waals surface area contributed by atoms with Crippen molar-refractivity contribution >= 4 is 11.6 Å². The molecule has 8 nitrogen and oxygen atoms in total. The molecule has 0 bridgehead atoms. The van der Waals surface area contributed by atoms with Crippen LogP contribution in [0.2, 0.25) is 0 Å². The van der Waals surface area contributed by atoms with Crippen LogP contribution in [0.3, 0.4) is 0 Å². The van der Waals surface area contributed by atoms with E-state index in [4.69, 9.17) is 9.47 Å². The fourth-order valence-corrected chi connectivity index (χ4v) is 2.85. The summed E-state index contributed by atoms with van der Waals surface area (Å²) in [7, 11) is 1.51. The number of carbonyl (C=O) groups excluding carboxylic acids is 1. The number of amides is 1. The number of benzene rings is 2. The van der Waals surface area contributed by atoms with Gasteiger partial charge in [0.2, 0.25) is 0 Å². The first-order chi connectivity index (χ1) is 14.9. The van der Waals surface area contributed by atoms with Crippen molar-refractivity contribution < 1.29 is 23.6 Å². The third-order valence-corrected chi connectivity index (χ3v) is 4.60. The van der Waals surface area contributed by atoms with Gasteiger partial charge in [0, 0.05) is 30.6 Å². The van der Waals surface area contributed by atoms with Crippen molar-refractivity contribution in [2.45, 2.75) is 20.1 Å². The molecule has 0 atom stereocenters. The number of aromatic nitrogens is 1. The number of nitro benzene ring substituents is 1. The zero-order chi connectivity index (χ0) is 22.4. The SMILES string of the molecule is COc1cc(CNC(=O)c2cc(F)c(C)c([N+](=O)[O-])c2)ccc1OCc1ccncc1. The molecule has 0 radical (unpaired) electrons. The molecule has 160 valence electrons. The number of nitrogens with one attached hydrogen (secondary N) is 1. The van der Waals surface area contributed by atoms with E-state index < -0.39 is 22.3 Å². The first-order valence-corrected chi connectivity index (χ1v) is 9.30. The fraction of sp³-hybridized carbons (Fsp3) is 0.182. The average molecular weight is 425 g/mol. The van der Waals surface area contributed by atoms with Crippen molar-refractivity contribution in [1.29, 1.82) is 0 Å². The normalized spacial score (nSPS) is 10.4. The van der Waals surface area contributed by atoms with Gasteiger partial charge in [0.1, 0.15) is 12.4 Å². The van der Waals surface area contributed by atoms with Crippen molar-refractivity contribution in [3.05, 3.63) is 93.0 Å². The molecule has 0 aliphatic heterocycles. The second-order valence-electron chi connectivity index (χ2n) is 6.67. The molecule has 2 aromatic carbocycles. The van der Waals surface area contributed by atoms with Gasteiger partial charge in [-0.1, -0.05) is 6.07 Å². The standard InChI is InChI=1S/C22H20FN3O5/c1-14-18(23)10-17(11-19(14)26(28)29)22(27)25-12-16-3-4-20(21(9-16)30-2)31-13-15-5-7-24-8-6-15/h3-11H,12-13H2,1-2H3,(H,25,27). The van der Waals surface area contributed by atoms with Gasteiger partial charge in [-0.25, -0.2) is 4.39 Å². The number of ether oxygens (including phenoxy) is 2. The molecular formula is C22H20FN3O5. The lowest BCUT2D eigenvalue weighted by Crippen LogP contribution is -2.23. The van der Waals surface area contributed by atoms with Gasteiger partial charge < -0.3 is 14.8 Å². The van der Waals surface area contributed by atoms with Gasteiger partial charge in [-0.3, -0.25) is 19.9 Å². The summed E-state index contributed by atoms with van der Waals surface area (Å²) in [6.07, 6.45) is 3.35. The van der Waals surface area contributed by atoms with Gasteiger partial charge in [0.05, 0.1) is 17.6 Å². The van der Waals surface area contributed by atoms with E-state index in [0.717, 1.165) is 17.7 Å². The highest BCUT2D eigenvalue weighted by molar-refractivity contribution is 5.95. The third-order valence-electron chi connectivity index (χ3n) is 4.60. The molecule has 0 aliphatic rings. The van der Waals surface area contributed by atoms with Crippen LogP contribution in [0.15, 0.2) is 54.9 Å². The van der Waals surface area contributed by atoms with Crippen LogP contribution in [-0.2, 0) is 13.2 Å². The van der Waals surface area contributed by atoms with E-state index in [1.165, 1.54) is 14.0 Å². The minimum absolute atomic E-state index is 0.114. The van der Waals surface area contributed by atoms with E-state index in [0.29, 0.717) is 23.7 Å². The Labute approximate surface area is 177 Å². The minimum Gasteiger partial charge on any atom is -0.493 e. The summed E-state index contributed by atoms with van der Waals surface area (Å²) in [6.45, 7) is 1.75. The van der Waals surface area contributed by atoms with E-state index in [-0.39, 0.29) is 17.7 Å². The second-order valence-corrected chi connectivity index (χ2v) is 6.67. The fourth-order valence-electron chi connectivity index (χ4n) is 2.85. The second kappa shape index (κ2) is 9.66. The number of rotatable bonds is 8. The maximum absolute atomic E-state index is 13.9. The van der Waals surface area contributed by atoms with Crippen molar-refractivity contribution in [2.75, 3.05) is 7.11 Å². The number of hydrogen-bond donors (Lipinski definition) is 1. The average Bonchev–Trinajstić information content (AvgIpc) is 2.78. The monoisotopic (exact) mass is 425 g/mol. The van der Waals surface area contributed by atoms with Crippen LogP contribution in [0.5, 0.6) is 11.5 Å². The van der Waals surface area contributed by atoms with Crippen LogP contribution in [-0.4, -0.2) is 22.9 Å². The van der Waals surface area contributed by atoms with E-state index in [1.807, 2.05) is 12.1 Å². The number of nitro groups is 1. The number of hydrogen-bond acceptors (Lipinski definition) is 6. The van der Waals surface area contributed by atoms with Crippen molar-refractivity contribution in [1.82, 2.24) is 10.3 Å². The highest BCUT2D eigenvalue weighted by atomic mass is 19.1. The predicted octanol–water partition coefficient (Wildman–Crippen LogP) is 3.95. The van der Waals surface area contributed by atoms with Crippen LogP contribution in [0.4, 0.5) is 10.1 Å². The molecule has 0 aliphatic carbocycles. The topological polar surface area (TPSA) is 104 Å². The van der Waals surface area contributed by atoms with Gasteiger partial charge in [0.15, 0.2) is 11.5 Å². The number of nitrogens with zero attached hydrogens (tertiary/aromatic N) is 2. The molecule has 3 rings (SSSR count). The largest absolute Gasteiger partial charge is 0.493 e. The Morgan fingerprint density at radius 2 is 1.87 bits per heavy atom. The number of pyridine rings is 1. The molecule has 1 aromatic heterocycles.